The van der Waals surface area contributed by atoms with E-state index < -0.39 is 0 Å². The Balaban J connectivity index is 1.49. The molecule has 0 aliphatic heterocycles. The average molecular weight is 420 g/mol. The van der Waals surface area contributed by atoms with E-state index in [1.54, 1.807) is 24.5 Å². The Morgan fingerprint density at radius 1 is 0.875 bits per heavy atom. The highest BCUT2D eigenvalue weighted by Gasteiger charge is 2.17. The molecule has 156 valence electrons. The van der Waals surface area contributed by atoms with E-state index in [0.29, 0.717) is 29.4 Å². The van der Waals surface area contributed by atoms with Crippen LogP contribution in [-0.2, 0) is 6.54 Å². The van der Waals surface area contributed by atoms with Gasteiger partial charge in [-0.05, 0) is 54.1 Å². The lowest BCUT2D eigenvalue weighted by Gasteiger charge is -2.11. The smallest absolute Gasteiger partial charge is 0.251 e. The van der Waals surface area contributed by atoms with Crippen LogP contribution in [0.3, 0.4) is 0 Å². The third kappa shape index (κ3) is 3.67. The number of aromatic nitrogens is 4. The van der Waals surface area contributed by atoms with E-state index in [2.05, 4.69) is 15.3 Å². The highest BCUT2D eigenvalue weighted by atomic mass is 16.1. The van der Waals surface area contributed by atoms with Gasteiger partial charge in [-0.3, -0.25) is 9.36 Å². The van der Waals surface area contributed by atoms with Crippen molar-refractivity contribution in [3.8, 4) is 17.1 Å². The second kappa shape index (κ2) is 8.31. The topological polar surface area (TPSA) is 98.7 Å². The molecule has 7 heteroatoms. The van der Waals surface area contributed by atoms with Crippen molar-refractivity contribution in [2.24, 2.45) is 0 Å². The van der Waals surface area contributed by atoms with E-state index in [4.69, 9.17) is 10.7 Å². The molecule has 0 spiro atoms. The number of hydrogen-bond donors (Lipinski definition) is 2. The SMILES string of the molecule is Nc1ncccc1-c1nc2cccnc2n1-c1ccc(C(=O)NCc2ccccc2)cc1. The molecule has 0 unspecified atom stereocenters. The number of nitrogens with one attached hydrogen (secondary N) is 1. The van der Waals surface area contributed by atoms with Gasteiger partial charge >= 0.3 is 0 Å². The van der Waals surface area contributed by atoms with Crippen LogP contribution in [0.1, 0.15) is 15.9 Å². The van der Waals surface area contributed by atoms with Gasteiger partial charge in [0.2, 0.25) is 0 Å². The van der Waals surface area contributed by atoms with Gasteiger partial charge in [0.25, 0.3) is 5.91 Å². The van der Waals surface area contributed by atoms with Crippen LogP contribution in [0.5, 0.6) is 0 Å². The number of imidazole rings is 1. The average Bonchev–Trinajstić information content (AvgIpc) is 3.23. The van der Waals surface area contributed by atoms with Gasteiger partial charge in [0.05, 0.1) is 5.56 Å². The first-order chi connectivity index (χ1) is 15.7. The summed E-state index contributed by atoms with van der Waals surface area (Å²) in [6, 6.07) is 24.6. The summed E-state index contributed by atoms with van der Waals surface area (Å²) in [6.07, 6.45) is 3.37. The molecule has 0 aliphatic rings. The van der Waals surface area contributed by atoms with Crippen molar-refractivity contribution in [2.45, 2.75) is 6.54 Å². The fourth-order valence-electron chi connectivity index (χ4n) is 3.59. The lowest BCUT2D eigenvalue weighted by molar-refractivity contribution is 0.0951. The van der Waals surface area contributed by atoms with E-state index in [0.717, 1.165) is 22.3 Å². The monoisotopic (exact) mass is 420 g/mol. The van der Waals surface area contributed by atoms with Crippen LogP contribution in [0.15, 0.2) is 91.3 Å². The molecule has 5 aromatic rings. The molecule has 5 rings (SSSR count). The number of nitrogen functional groups attached to an aromatic ring is 1. The number of amides is 1. The van der Waals surface area contributed by atoms with Crippen LogP contribution in [0.4, 0.5) is 5.82 Å². The summed E-state index contributed by atoms with van der Waals surface area (Å²) in [5.74, 6) is 0.900. The number of benzene rings is 2. The summed E-state index contributed by atoms with van der Waals surface area (Å²) in [5.41, 5.74) is 10.7. The number of carbonyl (C=O) groups excluding carboxylic acids is 1. The molecule has 0 bridgehead atoms. The third-order valence-electron chi connectivity index (χ3n) is 5.18. The van der Waals surface area contributed by atoms with Gasteiger partial charge in [0.1, 0.15) is 11.3 Å². The summed E-state index contributed by atoms with van der Waals surface area (Å²) >= 11 is 0. The Hall–Kier alpha value is -4.52. The predicted octanol–water partition coefficient (Wildman–Crippen LogP) is 3.99. The predicted molar refractivity (Wildman–Crippen MR) is 124 cm³/mol. The molecule has 0 atom stereocenters. The molecule has 0 aliphatic carbocycles. The van der Waals surface area contributed by atoms with Crippen LogP contribution in [0.25, 0.3) is 28.2 Å². The molecule has 7 nitrogen and oxygen atoms in total. The maximum absolute atomic E-state index is 12.6. The number of anilines is 1. The number of nitrogens with zero attached hydrogens (tertiary/aromatic N) is 4. The van der Waals surface area contributed by atoms with Crippen molar-refractivity contribution in [1.29, 1.82) is 0 Å². The Kier molecular flexibility index (Phi) is 5.05. The van der Waals surface area contributed by atoms with E-state index in [9.17, 15) is 4.79 Å². The maximum Gasteiger partial charge on any atom is 0.251 e. The van der Waals surface area contributed by atoms with E-state index in [-0.39, 0.29) is 5.91 Å². The Morgan fingerprint density at radius 3 is 2.41 bits per heavy atom. The number of carbonyl (C=O) groups is 1. The summed E-state index contributed by atoms with van der Waals surface area (Å²) in [6.45, 7) is 0.474. The fourth-order valence-corrected chi connectivity index (χ4v) is 3.59. The molecule has 0 radical (unpaired) electrons. The number of rotatable bonds is 5. The molecule has 3 N–H and O–H groups in total. The minimum atomic E-state index is -0.134. The Bertz CT molecular complexity index is 1390. The van der Waals surface area contributed by atoms with Crippen LogP contribution >= 0.6 is 0 Å². The van der Waals surface area contributed by atoms with Gasteiger partial charge in [-0.25, -0.2) is 15.0 Å². The zero-order valence-corrected chi connectivity index (χ0v) is 17.1. The lowest BCUT2D eigenvalue weighted by atomic mass is 10.1. The molecule has 0 saturated carbocycles. The molecule has 2 aromatic carbocycles. The third-order valence-corrected chi connectivity index (χ3v) is 5.18. The molecule has 3 heterocycles. The molecular weight excluding hydrogens is 400 g/mol. The second-order valence-electron chi connectivity index (χ2n) is 7.27. The minimum Gasteiger partial charge on any atom is -0.383 e. The molecular formula is C25H20N6O. The first-order valence-electron chi connectivity index (χ1n) is 10.2. The quantitative estimate of drug-likeness (QED) is 0.448. The zero-order chi connectivity index (χ0) is 21.9. The van der Waals surface area contributed by atoms with E-state index in [1.165, 1.54) is 0 Å². The van der Waals surface area contributed by atoms with Crippen LogP contribution in [0.2, 0.25) is 0 Å². The zero-order valence-electron chi connectivity index (χ0n) is 17.1. The van der Waals surface area contributed by atoms with Gasteiger partial charge in [0, 0.05) is 30.2 Å². The number of nitrogens with two attached hydrogens (primary N) is 1. The molecule has 0 saturated heterocycles. The highest BCUT2D eigenvalue weighted by Crippen LogP contribution is 2.30. The number of hydrogen-bond acceptors (Lipinski definition) is 5. The summed E-state index contributed by atoms with van der Waals surface area (Å²) in [7, 11) is 0. The first-order valence-corrected chi connectivity index (χ1v) is 10.2. The Labute approximate surface area is 184 Å². The van der Waals surface area contributed by atoms with E-state index in [1.807, 2.05) is 71.3 Å². The lowest BCUT2D eigenvalue weighted by Crippen LogP contribution is -2.22. The van der Waals surface area contributed by atoms with Gasteiger partial charge in [-0.1, -0.05) is 30.3 Å². The standard InChI is InChI=1S/C25H20N6O/c26-22-20(8-4-14-27-22)23-30-21-9-5-15-28-24(21)31(23)19-12-10-18(11-13-19)25(32)29-16-17-6-2-1-3-7-17/h1-15H,16H2,(H2,26,27)(H,29,32). The Morgan fingerprint density at radius 2 is 1.62 bits per heavy atom. The number of fused-ring (bicyclic) bond motifs is 1. The largest absolute Gasteiger partial charge is 0.383 e. The summed E-state index contributed by atoms with van der Waals surface area (Å²) in [4.78, 5) is 26.0. The van der Waals surface area contributed by atoms with Crippen molar-refractivity contribution in [1.82, 2.24) is 24.8 Å². The van der Waals surface area contributed by atoms with Crippen LogP contribution < -0.4 is 11.1 Å². The van der Waals surface area contributed by atoms with Crippen molar-refractivity contribution >= 4 is 22.9 Å². The van der Waals surface area contributed by atoms with Crippen molar-refractivity contribution < 1.29 is 4.79 Å². The van der Waals surface area contributed by atoms with Crippen LogP contribution in [0, 0.1) is 0 Å². The van der Waals surface area contributed by atoms with Crippen molar-refractivity contribution in [2.75, 3.05) is 5.73 Å². The van der Waals surface area contributed by atoms with Gasteiger partial charge in [0.15, 0.2) is 11.5 Å². The second-order valence-corrected chi connectivity index (χ2v) is 7.27. The van der Waals surface area contributed by atoms with Gasteiger partial charge in [-0.15, -0.1) is 0 Å². The van der Waals surface area contributed by atoms with Gasteiger partial charge < -0.3 is 11.1 Å². The summed E-state index contributed by atoms with van der Waals surface area (Å²) in [5, 5.41) is 2.95. The highest BCUT2D eigenvalue weighted by molar-refractivity contribution is 5.94. The minimum absolute atomic E-state index is 0.134. The van der Waals surface area contributed by atoms with E-state index >= 15 is 0 Å². The fraction of sp³-hybridized carbons (Fsp3) is 0.0400. The van der Waals surface area contributed by atoms with Gasteiger partial charge in [-0.2, -0.15) is 0 Å². The molecule has 0 fully saturated rings. The normalized spacial score (nSPS) is 10.9. The molecule has 1 amide bonds. The van der Waals surface area contributed by atoms with Crippen molar-refractivity contribution in [3.05, 3.63) is 102 Å². The molecule has 32 heavy (non-hydrogen) atoms. The number of pyridine rings is 2. The van der Waals surface area contributed by atoms with Crippen molar-refractivity contribution in [3.63, 3.8) is 0 Å². The first kappa shape index (κ1) is 19.4. The maximum atomic E-state index is 12.6. The van der Waals surface area contributed by atoms with Crippen LogP contribution in [-0.4, -0.2) is 25.4 Å². The molecule has 3 aromatic heterocycles. The summed E-state index contributed by atoms with van der Waals surface area (Å²) < 4.78 is 1.92.